The molecule has 0 heterocycles. The number of rotatable bonds is 4. The van der Waals surface area contributed by atoms with E-state index in [2.05, 4.69) is 0 Å². The molecule has 0 bridgehead atoms. The van der Waals surface area contributed by atoms with Gasteiger partial charge >= 0.3 is 0 Å². The summed E-state index contributed by atoms with van der Waals surface area (Å²) in [6.45, 7) is 1.93. The molecule has 12 heavy (non-hydrogen) atoms. The summed E-state index contributed by atoms with van der Waals surface area (Å²) in [5.41, 5.74) is 0. The van der Waals surface area contributed by atoms with Crippen LogP contribution in [0.5, 0.6) is 0 Å². The van der Waals surface area contributed by atoms with Crippen LogP contribution >= 0.6 is 0 Å². The third-order valence-corrected chi connectivity index (χ3v) is 0.924. The van der Waals surface area contributed by atoms with Crippen LogP contribution in [-0.2, 0) is 0 Å². The van der Waals surface area contributed by atoms with Crippen LogP contribution in [-0.4, -0.2) is 39.9 Å². The van der Waals surface area contributed by atoms with Crippen molar-refractivity contribution in [3.05, 3.63) is 12.2 Å². The number of hydrogen-bond acceptors (Lipinski definition) is 4. The van der Waals surface area contributed by atoms with Crippen molar-refractivity contribution < 1.29 is 20.4 Å². The van der Waals surface area contributed by atoms with E-state index in [0.29, 0.717) is 6.42 Å². The predicted octanol–water partition coefficient (Wildman–Crippen LogP) is -0.376. The van der Waals surface area contributed by atoms with Gasteiger partial charge in [0.2, 0.25) is 0 Å². The van der Waals surface area contributed by atoms with Gasteiger partial charge in [-0.2, -0.15) is 0 Å². The van der Waals surface area contributed by atoms with Gasteiger partial charge in [-0.25, -0.2) is 0 Å². The monoisotopic (exact) mass is 178 g/mol. The molecule has 0 aliphatic rings. The fourth-order valence-electron chi connectivity index (χ4n) is 0.407. The zero-order valence-electron chi connectivity index (χ0n) is 7.35. The molecule has 0 amide bonds. The van der Waals surface area contributed by atoms with E-state index < -0.39 is 6.29 Å². The summed E-state index contributed by atoms with van der Waals surface area (Å²) in [5, 5.41) is 32.2. The third-order valence-electron chi connectivity index (χ3n) is 0.924. The average molecular weight is 178 g/mol. The third kappa shape index (κ3) is 22.7. The number of hydrogen-bond donors (Lipinski definition) is 4. The van der Waals surface area contributed by atoms with E-state index >= 15 is 0 Å². The average Bonchev–Trinajstić information content (AvgIpc) is 2.02. The van der Waals surface area contributed by atoms with E-state index in [9.17, 15) is 0 Å². The molecular formula is C8H18O4. The van der Waals surface area contributed by atoms with Gasteiger partial charge in [-0.3, -0.25) is 0 Å². The molecule has 0 aliphatic carbocycles. The predicted molar refractivity (Wildman–Crippen MR) is 46.4 cm³/mol. The maximum Gasteiger partial charge on any atom is 0.151 e. The van der Waals surface area contributed by atoms with Gasteiger partial charge in [0.05, 0.1) is 13.2 Å². The molecule has 0 aromatic heterocycles. The molecule has 4 nitrogen and oxygen atoms in total. The summed E-state index contributed by atoms with van der Waals surface area (Å²) in [4.78, 5) is 0. The first kappa shape index (κ1) is 14.1. The molecule has 0 saturated heterocycles. The Kier molecular flexibility index (Phi) is 15.5. The molecule has 0 radical (unpaired) electrons. The van der Waals surface area contributed by atoms with Gasteiger partial charge in [0, 0.05) is 0 Å². The highest BCUT2D eigenvalue weighted by molar-refractivity contribution is 4.78. The summed E-state index contributed by atoms with van der Waals surface area (Å²) >= 11 is 0. The van der Waals surface area contributed by atoms with Crippen molar-refractivity contribution in [1.82, 2.24) is 0 Å². The van der Waals surface area contributed by atoms with E-state index in [1.54, 1.807) is 0 Å². The Labute approximate surface area is 72.8 Å². The van der Waals surface area contributed by atoms with E-state index in [1.165, 1.54) is 12.2 Å². The molecule has 0 saturated carbocycles. The zero-order valence-corrected chi connectivity index (χ0v) is 7.35. The molecule has 74 valence electrons. The molecule has 0 rings (SSSR count). The maximum atomic E-state index is 8.11. The van der Waals surface area contributed by atoms with Crippen LogP contribution < -0.4 is 0 Å². The summed E-state index contributed by atoms with van der Waals surface area (Å²) in [6, 6.07) is 0. The molecule has 0 spiro atoms. The van der Waals surface area contributed by atoms with Gasteiger partial charge in [-0.15, -0.1) is 0 Å². The topological polar surface area (TPSA) is 80.9 Å². The maximum absolute atomic E-state index is 8.11. The fraction of sp³-hybridized carbons (Fsp3) is 0.750. The molecule has 0 fully saturated rings. The van der Waals surface area contributed by atoms with Crippen LogP contribution in [0.2, 0.25) is 0 Å². The van der Waals surface area contributed by atoms with Gasteiger partial charge in [-0.1, -0.05) is 25.5 Å². The second kappa shape index (κ2) is 13.2. The lowest BCUT2D eigenvalue weighted by atomic mass is 10.3. The van der Waals surface area contributed by atoms with Gasteiger partial charge in [0.25, 0.3) is 0 Å². The van der Waals surface area contributed by atoms with Crippen molar-refractivity contribution in [1.29, 1.82) is 0 Å². The lowest BCUT2D eigenvalue weighted by molar-refractivity contribution is -0.0453. The minimum Gasteiger partial charge on any atom is -0.392 e. The molecule has 0 aromatic rings. The summed E-state index contributed by atoms with van der Waals surface area (Å²) < 4.78 is 0. The molecule has 0 aromatic carbocycles. The van der Waals surface area contributed by atoms with Crippen LogP contribution in [0.3, 0.4) is 0 Å². The smallest absolute Gasteiger partial charge is 0.151 e. The lowest BCUT2D eigenvalue weighted by Gasteiger charge is -1.94. The number of aliphatic hydroxyl groups excluding tert-OH is 3. The lowest BCUT2D eigenvalue weighted by Crippen LogP contribution is -2.01. The molecule has 0 aliphatic heterocycles. The van der Waals surface area contributed by atoms with Crippen molar-refractivity contribution in [3.63, 3.8) is 0 Å². The van der Waals surface area contributed by atoms with E-state index in [-0.39, 0.29) is 13.2 Å². The highest BCUT2D eigenvalue weighted by atomic mass is 16.5. The molecule has 0 unspecified atom stereocenters. The van der Waals surface area contributed by atoms with Crippen molar-refractivity contribution in [3.8, 4) is 0 Å². The normalized spacial score (nSPS) is 10.2. The largest absolute Gasteiger partial charge is 0.392 e. The first-order valence-corrected chi connectivity index (χ1v) is 3.91. The minimum atomic E-state index is -1.10. The first-order chi connectivity index (χ1) is 5.68. The zero-order chi connectivity index (χ0) is 9.82. The van der Waals surface area contributed by atoms with E-state index in [0.717, 1.165) is 6.42 Å². The minimum absolute atomic E-state index is 0.0144. The highest BCUT2D eigenvalue weighted by Crippen LogP contribution is 1.88. The van der Waals surface area contributed by atoms with Crippen molar-refractivity contribution in [2.45, 2.75) is 26.1 Å². The summed E-state index contributed by atoms with van der Waals surface area (Å²) in [6.07, 6.45) is 3.19. The molecule has 4 N–H and O–H groups in total. The Balaban J connectivity index is 0. The van der Waals surface area contributed by atoms with Crippen molar-refractivity contribution >= 4 is 0 Å². The molecule has 4 heteroatoms. The van der Waals surface area contributed by atoms with Gasteiger partial charge in [-0.05, 0) is 6.42 Å². The van der Waals surface area contributed by atoms with Gasteiger partial charge in [0.1, 0.15) is 0 Å². The highest BCUT2D eigenvalue weighted by Gasteiger charge is 1.89. The van der Waals surface area contributed by atoms with Crippen LogP contribution in [0.15, 0.2) is 12.2 Å². The van der Waals surface area contributed by atoms with Gasteiger partial charge in [0.15, 0.2) is 6.29 Å². The van der Waals surface area contributed by atoms with Crippen molar-refractivity contribution in [2.24, 2.45) is 0 Å². The Hall–Kier alpha value is -0.420. The second-order valence-corrected chi connectivity index (χ2v) is 2.11. The Morgan fingerprint density at radius 1 is 1.08 bits per heavy atom. The standard InChI is InChI=1S/C4H10O2.C4H8O2/c1-2-3-4(5)6;5-3-1-2-4-6/h4-6H,2-3H2,1H3;1-2,5-6H,3-4H2/b;2-1+. The first-order valence-electron chi connectivity index (χ1n) is 3.91. The van der Waals surface area contributed by atoms with Crippen molar-refractivity contribution in [2.75, 3.05) is 13.2 Å². The summed E-state index contributed by atoms with van der Waals surface area (Å²) in [5.74, 6) is 0. The Bertz CT molecular complexity index is 85.1. The quantitative estimate of drug-likeness (QED) is 0.349. The number of aliphatic hydroxyl groups is 4. The Morgan fingerprint density at radius 3 is 1.58 bits per heavy atom. The van der Waals surface area contributed by atoms with Crippen LogP contribution in [0, 0.1) is 0 Å². The molecule has 0 atom stereocenters. The van der Waals surface area contributed by atoms with Crippen LogP contribution in [0.1, 0.15) is 19.8 Å². The van der Waals surface area contributed by atoms with Gasteiger partial charge < -0.3 is 20.4 Å². The fourth-order valence-corrected chi connectivity index (χ4v) is 0.407. The Morgan fingerprint density at radius 2 is 1.50 bits per heavy atom. The summed E-state index contributed by atoms with van der Waals surface area (Å²) in [7, 11) is 0. The van der Waals surface area contributed by atoms with Crippen LogP contribution in [0.25, 0.3) is 0 Å². The second-order valence-electron chi connectivity index (χ2n) is 2.11. The molecular weight excluding hydrogens is 160 g/mol. The van der Waals surface area contributed by atoms with E-state index in [4.69, 9.17) is 20.4 Å². The SMILES string of the molecule is CCCC(O)O.OC/C=C/CO. The van der Waals surface area contributed by atoms with Crippen LogP contribution in [0.4, 0.5) is 0 Å². The van der Waals surface area contributed by atoms with E-state index in [1.807, 2.05) is 6.92 Å².